The maximum Gasteiger partial charge on any atom is 0.242 e. The van der Waals surface area contributed by atoms with Crippen LogP contribution >= 0.6 is 0 Å². The number of sulfonamides is 1. The molecule has 1 heterocycles. The molecule has 0 spiro atoms. The predicted octanol–water partition coefficient (Wildman–Crippen LogP) is 1.64. The van der Waals surface area contributed by atoms with Crippen LogP contribution in [0, 0.1) is 5.82 Å². The van der Waals surface area contributed by atoms with Gasteiger partial charge in [-0.1, -0.05) is 0 Å². The Morgan fingerprint density at radius 1 is 1.45 bits per heavy atom. The molecule has 0 amide bonds. The van der Waals surface area contributed by atoms with Gasteiger partial charge in [-0.15, -0.1) is 0 Å². The van der Waals surface area contributed by atoms with E-state index in [1.165, 1.54) is 6.07 Å². The van der Waals surface area contributed by atoms with E-state index in [-0.39, 0.29) is 22.2 Å². The van der Waals surface area contributed by atoms with E-state index in [4.69, 9.17) is 10.5 Å². The van der Waals surface area contributed by atoms with Crippen molar-refractivity contribution in [2.24, 2.45) is 0 Å². The summed E-state index contributed by atoms with van der Waals surface area (Å²) >= 11 is 0. The number of rotatable bonds is 3. The SMILES string of the molecule is CC1(C)CC(NS(=O)(=O)c2cc(F)ccc2N)CCO1. The lowest BCUT2D eigenvalue weighted by Gasteiger charge is -2.35. The van der Waals surface area contributed by atoms with Crippen molar-refractivity contribution in [1.82, 2.24) is 4.72 Å². The van der Waals surface area contributed by atoms with Crippen LogP contribution in [-0.2, 0) is 14.8 Å². The summed E-state index contributed by atoms with van der Waals surface area (Å²) in [6.45, 7) is 4.30. The van der Waals surface area contributed by atoms with Crippen molar-refractivity contribution in [2.45, 2.75) is 43.2 Å². The summed E-state index contributed by atoms with van der Waals surface area (Å²) in [4.78, 5) is -0.221. The zero-order chi connectivity index (χ0) is 15.0. The molecule has 0 saturated carbocycles. The summed E-state index contributed by atoms with van der Waals surface area (Å²) < 4.78 is 45.9. The highest BCUT2D eigenvalue weighted by Crippen LogP contribution is 2.26. The topological polar surface area (TPSA) is 81.4 Å². The second-order valence-electron chi connectivity index (χ2n) is 5.60. The fourth-order valence-corrected chi connectivity index (χ4v) is 3.77. The number of benzene rings is 1. The molecule has 0 aliphatic carbocycles. The van der Waals surface area contributed by atoms with Gasteiger partial charge in [-0.2, -0.15) is 0 Å². The fourth-order valence-electron chi connectivity index (χ4n) is 2.36. The van der Waals surface area contributed by atoms with E-state index in [0.29, 0.717) is 19.4 Å². The predicted molar refractivity (Wildman–Crippen MR) is 74.2 cm³/mol. The lowest BCUT2D eigenvalue weighted by molar-refractivity contribution is -0.0599. The maximum absolute atomic E-state index is 13.2. The molecule has 3 N–H and O–H groups in total. The molecule has 1 aromatic carbocycles. The minimum absolute atomic E-state index is 0.0326. The number of halogens is 1. The molecular weight excluding hydrogens is 283 g/mol. The van der Waals surface area contributed by atoms with Crippen molar-refractivity contribution >= 4 is 15.7 Å². The first kappa shape index (κ1) is 15.2. The molecule has 5 nitrogen and oxygen atoms in total. The third-order valence-electron chi connectivity index (χ3n) is 3.28. The molecule has 0 radical (unpaired) electrons. The molecule has 1 unspecified atom stereocenters. The summed E-state index contributed by atoms with van der Waals surface area (Å²) in [6.07, 6.45) is 1.14. The molecule has 1 aromatic rings. The van der Waals surface area contributed by atoms with Crippen molar-refractivity contribution in [2.75, 3.05) is 12.3 Å². The Hall–Kier alpha value is -1.18. The fraction of sp³-hybridized carbons (Fsp3) is 0.538. The van der Waals surface area contributed by atoms with Crippen LogP contribution in [0.1, 0.15) is 26.7 Å². The van der Waals surface area contributed by atoms with E-state index in [0.717, 1.165) is 12.1 Å². The summed E-state index contributed by atoms with van der Waals surface area (Å²) in [5.41, 5.74) is 5.28. The van der Waals surface area contributed by atoms with Crippen LogP contribution in [-0.4, -0.2) is 26.7 Å². The molecule has 1 aliphatic heterocycles. The molecular formula is C13H19FN2O3S. The second-order valence-corrected chi connectivity index (χ2v) is 7.28. The molecule has 1 atom stereocenters. The highest BCUT2D eigenvalue weighted by atomic mass is 32.2. The Morgan fingerprint density at radius 2 is 2.15 bits per heavy atom. The standard InChI is InChI=1S/C13H19FN2O3S/c1-13(2)8-10(5-6-19-13)16-20(17,18)12-7-9(14)3-4-11(12)15/h3-4,7,10,16H,5-6,8,15H2,1-2H3. The third kappa shape index (κ3) is 3.47. The largest absolute Gasteiger partial charge is 0.398 e. The van der Waals surface area contributed by atoms with Gasteiger partial charge in [-0.3, -0.25) is 0 Å². The number of ether oxygens (including phenoxy) is 1. The van der Waals surface area contributed by atoms with Crippen molar-refractivity contribution in [3.8, 4) is 0 Å². The zero-order valence-electron chi connectivity index (χ0n) is 11.5. The first-order valence-corrected chi connectivity index (χ1v) is 7.89. The van der Waals surface area contributed by atoms with Crippen LogP contribution < -0.4 is 10.5 Å². The number of hydrogen-bond acceptors (Lipinski definition) is 4. The van der Waals surface area contributed by atoms with Crippen LogP contribution in [0.15, 0.2) is 23.1 Å². The van der Waals surface area contributed by atoms with E-state index in [1.54, 1.807) is 0 Å². The minimum Gasteiger partial charge on any atom is -0.398 e. The highest BCUT2D eigenvalue weighted by Gasteiger charge is 2.32. The molecule has 0 bridgehead atoms. The van der Waals surface area contributed by atoms with Gasteiger partial charge >= 0.3 is 0 Å². The Balaban J connectivity index is 2.21. The molecule has 1 saturated heterocycles. The second kappa shape index (κ2) is 5.31. The van der Waals surface area contributed by atoms with E-state index in [2.05, 4.69) is 4.72 Å². The summed E-state index contributed by atoms with van der Waals surface area (Å²) in [5.74, 6) is -0.633. The van der Waals surface area contributed by atoms with Gasteiger partial charge in [-0.05, 0) is 44.9 Å². The lowest BCUT2D eigenvalue weighted by atomic mass is 9.95. The summed E-state index contributed by atoms with van der Waals surface area (Å²) in [5, 5.41) is 0. The molecule has 0 aromatic heterocycles. The first-order valence-electron chi connectivity index (χ1n) is 6.41. The van der Waals surface area contributed by atoms with E-state index >= 15 is 0 Å². The molecule has 112 valence electrons. The number of hydrogen-bond donors (Lipinski definition) is 2. The summed E-state index contributed by atoms with van der Waals surface area (Å²) in [7, 11) is -3.83. The van der Waals surface area contributed by atoms with Crippen molar-refractivity contribution in [1.29, 1.82) is 0 Å². The van der Waals surface area contributed by atoms with Gasteiger partial charge < -0.3 is 10.5 Å². The molecule has 2 rings (SSSR count). The van der Waals surface area contributed by atoms with Crippen molar-refractivity contribution in [3.05, 3.63) is 24.0 Å². The Morgan fingerprint density at radius 3 is 2.80 bits per heavy atom. The zero-order valence-corrected chi connectivity index (χ0v) is 12.3. The Bertz CT molecular complexity index is 602. The number of nitrogens with two attached hydrogens (primary N) is 1. The third-order valence-corrected chi connectivity index (χ3v) is 4.86. The van der Waals surface area contributed by atoms with Gasteiger partial charge in [0, 0.05) is 12.6 Å². The molecule has 20 heavy (non-hydrogen) atoms. The monoisotopic (exact) mass is 302 g/mol. The molecule has 1 aliphatic rings. The van der Waals surface area contributed by atoms with Crippen LogP contribution in [0.3, 0.4) is 0 Å². The van der Waals surface area contributed by atoms with Gasteiger partial charge in [0.15, 0.2) is 0 Å². The van der Waals surface area contributed by atoms with E-state index < -0.39 is 15.8 Å². The van der Waals surface area contributed by atoms with Crippen molar-refractivity contribution < 1.29 is 17.5 Å². The number of nitrogen functional groups attached to an aromatic ring is 1. The van der Waals surface area contributed by atoms with Gasteiger partial charge in [0.2, 0.25) is 10.0 Å². The minimum atomic E-state index is -3.83. The normalized spacial score (nSPS) is 22.6. The van der Waals surface area contributed by atoms with E-state index in [9.17, 15) is 12.8 Å². The van der Waals surface area contributed by atoms with Crippen LogP contribution in [0.4, 0.5) is 10.1 Å². The van der Waals surface area contributed by atoms with Crippen LogP contribution in [0.25, 0.3) is 0 Å². The van der Waals surface area contributed by atoms with Crippen LogP contribution in [0.2, 0.25) is 0 Å². The lowest BCUT2D eigenvalue weighted by Crippen LogP contribution is -2.45. The quantitative estimate of drug-likeness (QED) is 0.832. The summed E-state index contributed by atoms with van der Waals surface area (Å²) in [6, 6.07) is 3.07. The van der Waals surface area contributed by atoms with Gasteiger partial charge in [0.1, 0.15) is 10.7 Å². The first-order chi connectivity index (χ1) is 9.20. The van der Waals surface area contributed by atoms with E-state index in [1.807, 2.05) is 13.8 Å². The Kier molecular flexibility index (Phi) is 4.04. The molecule has 7 heteroatoms. The van der Waals surface area contributed by atoms with Gasteiger partial charge in [-0.25, -0.2) is 17.5 Å². The van der Waals surface area contributed by atoms with Gasteiger partial charge in [0.25, 0.3) is 0 Å². The van der Waals surface area contributed by atoms with Crippen molar-refractivity contribution in [3.63, 3.8) is 0 Å². The molecule has 1 fully saturated rings. The number of nitrogens with one attached hydrogen (secondary N) is 1. The maximum atomic E-state index is 13.2. The average molecular weight is 302 g/mol. The average Bonchev–Trinajstić information content (AvgIpc) is 2.30. The van der Waals surface area contributed by atoms with Crippen LogP contribution in [0.5, 0.6) is 0 Å². The number of anilines is 1. The smallest absolute Gasteiger partial charge is 0.242 e. The van der Waals surface area contributed by atoms with Gasteiger partial charge in [0.05, 0.1) is 11.3 Å². The Labute approximate surface area is 118 Å². The highest BCUT2D eigenvalue weighted by molar-refractivity contribution is 7.89.